The van der Waals surface area contributed by atoms with Gasteiger partial charge in [-0.1, -0.05) is 6.42 Å². The SMILES string of the molecule is Cc1nnc(CN2CCC[C@@H]2C[C@@H]2C[C@H]3CC[C@H]2C3)o1. The number of likely N-dealkylation sites (tertiary alicyclic amines) is 1. The van der Waals surface area contributed by atoms with E-state index in [4.69, 9.17) is 4.42 Å². The van der Waals surface area contributed by atoms with Gasteiger partial charge in [-0.2, -0.15) is 0 Å². The highest BCUT2D eigenvalue weighted by Gasteiger charge is 2.41. The van der Waals surface area contributed by atoms with Crippen molar-refractivity contribution in [3.05, 3.63) is 11.8 Å². The Morgan fingerprint density at radius 1 is 1.20 bits per heavy atom. The average Bonchev–Trinajstić information content (AvgIpc) is 3.17. The predicted molar refractivity (Wildman–Crippen MR) is 76.0 cm³/mol. The number of aromatic nitrogens is 2. The van der Waals surface area contributed by atoms with E-state index in [9.17, 15) is 0 Å². The smallest absolute Gasteiger partial charge is 0.230 e. The summed E-state index contributed by atoms with van der Waals surface area (Å²) in [4.78, 5) is 2.58. The first-order valence-electron chi connectivity index (χ1n) is 8.31. The summed E-state index contributed by atoms with van der Waals surface area (Å²) in [5, 5.41) is 8.10. The summed E-state index contributed by atoms with van der Waals surface area (Å²) in [5.41, 5.74) is 0. The predicted octanol–water partition coefficient (Wildman–Crippen LogP) is 3.17. The summed E-state index contributed by atoms with van der Waals surface area (Å²) in [6.07, 6.45) is 10.2. The summed E-state index contributed by atoms with van der Waals surface area (Å²) >= 11 is 0. The van der Waals surface area contributed by atoms with Gasteiger partial charge in [0.05, 0.1) is 6.54 Å². The molecule has 2 saturated carbocycles. The molecule has 4 atom stereocenters. The van der Waals surface area contributed by atoms with Crippen molar-refractivity contribution in [2.45, 2.75) is 64.5 Å². The van der Waals surface area contributed by atoms with Crippen molar-refractivity contribution in [3.8, 4) is 0 Å². The van der Waals surface area contributed by atoms with Gasteiger partial charge in [-0.15, -0.1) is 10.2 Å². The van der Waals surface area contributed by atoms with E-state index >= 15 is 0 Å². The van der Waals surface area contributed by atoms with Crippen molar-refractivity contribution < 1.29 is 4.42 Å². The lowest BCUT2D eigenvalue weighted by atomic mass is 9.84. The largest absolute Gasteiger partial charge is 0.424 e. The molecule has 0 amide bonds. The average molecular weight is 275 g/mol. The lowest BCUT2D eigenvalue weighted by molar-refractivity contribution is 0.172. The van der Waals surface area contributed by atoms with Gasteiger partial charge in [0.1, 0.15) is 0 Å². The van der Waals surface area contributed by atoms with Crippen molar-refractivity contribution in [1.29, 1.82) is 0 Å². The quantitative estimate of drug-likeness (QED) is 0.846. The third kappa shape index (κ3) is 2.39. The van der Waals surface area contributed by atoms with Crippen LogP contribution in [0.5, 0.6) is 0 Å². The summed E-state index contributed by atoms with van der Waals surface area (Å²) in [6, 6.07) is 0.756. The van der Waals surface area contributed by atoms with Crippen LogP contribution in [-0.4, -0.2) is 27.7 Å². The van der Waals surface area contributed by atoms with E-state index in [1.807, 2.05) is 6.92 Å². The maximum absolute atomic E-state index is 5.55. The Morgan fingerprint density at radius 3 is 2.85 bits per heavy atom. The number of hydrogen-bond donors (Lipinski definition) is 0. The summed E-state index contributed by atoms with van der Waals surface area (Å²) in [6.45, 7) is 3.92. The van der Waals surface area contributed by atoms with Crippen LogP contribution in [0.3, 0.4) is 0 Å². The Morgan fingerprint density at radius 2 is 2.15 bits per heavy atom. The first kappa shape index (κ1) is 12.8. The first-order valence-corrected chi connectivity index (χ1v) is 8.31. The Kier molecular flexibility index (Phi) is 3.29. The number of aryl methyl sites for hydroxylation is 1. The molecule has 2 bridgehead atoms. The highest BCUT2D eigenvalue weighted by molar-refractivity contribution is 4.94. The molecule has 1 aromatic rings. The molecule has 4 heteroatoms. The van der Waals surface area contributed by atoms with Crippen molar-refractivity contribution in [2.24, 2.45) is 17.8 Å². The van der Waals surface area contributed by atoms with Gasteiger partial charge >= 0.3 is 0 Å². The van der Waals surface area contributed by atoms with E-state index in [0.29, 0.717) is 5.89 Å². The molecule has 1 aromatic heterocycles. The van der Waals surface area contributed by atoms with Crippen molar-refractivity contribution in [2.75, 3.05) is 6.54 Å². The Balaban J connectivity index is 1.37. The minimum absolute atomic E-state index is 0.684. The molecule has 110 valence electrons. The van der Waals surface area contributed by atoms with Gasteiger partial charge in [-0.3, -0.25) is 4.90 Å². The molecule has 0 spiro atoms. The molecule has 0 unspecified atom stereocenters. The minimum Gasteiger partial charge on any atom is -0.424 e. The number of rotatable bonds is 4. The third-order valence-electron chi connectivity index (χ3n) is 5.86. The van der Waals surface area contributed by atoms with Gasteiger partial charge in [0.15, 0.2) is 0 Å². The minimum atomic E-state index is 0.684. The van der Waals surface area contributed by atoms with Crippen LogP contribution in [0.25, 0.3) is 0 Å². The van der Waals surface area contributed by atoms with Gasteiger partial charge in [-0.05, 0) is 62.8 Å². The van der Waals surface area contributed by atoms with E-state index in [1.165, 1.54) is 51.5 Å². The fourth-order valence-corrected chi connectivity index (χ4v) is 4.96. The van der Waals surface area contributed by atoms with Gasteiger partial charge < -0.3 is 4.42 Å². The molecule has 0 N–H and O–H groups in total. The summed E-state index contributed by atoms with van der Waals surface area (Å²) < 4.78 is 5.55. The number of nitrogens with zero attached hydrogens (tertiary/aromatic N) is 3. The number of hydrogen-bond acceptors (Lipinski definition) is 4. The maximum Gasteiger partial charge on any atom is 0.230 e. The molecule has 3 aliphatic rings. The van der Waals surface area contributed by atoms with Gasteiger partial charge in [0.25, 0.3) is 0 Å². The summed E-state index contributed by atoms with van der Waals surface area (Å²) in [7, 11) is 0. The Labute approximate surface area is 120 Å². The fourth-order valence-electron chi connectivity index (χ4n) is 4.96. The van der Waals surface area contributed by atoms with Crippen LogP contribution in [-0.2, 0) is 6.54 Å². The zero-order valence-electron chi connectivity index (χ0n) is 12.4. The first-order chi connectivity index (χ1) is 9.78. The van der Waals surface area contributed by atoms with Crippen LogP contribution in [0.4, 0.5) is 0 Å². The second-order valence-corrected chi connectivity index (χ2v) is 7.15. The van der Waals surface area contributed by atoms with Gasteiger partial charge in [0.2, 0.25) is 11.8 Å². The van der Waals surface area contributed by atoms with Crippen molar-refractivity contribution in [1.82, 2.24) is 15.1 Å². The van der Waals surface area contributed by atoms with E-state index in [1.54, 1.807) is 0 Å². The monoisotopic (exact) mass is 275 g/mol. The molecular weight excluding hydrogens is 250 g/mol. The van der Waals surface area contributed by atoms with E-state index < -0.39 is 0 Å². The number of fused-ring (bicyclic) bond motifs is 2. The van der Waals surface area contributed by atoms with E-state index in [0.717, 1.165) is 36.2 Å². The molecule has 2 aliphatic carbocycles. The molecule has 1 saturated heterocycles. The highest BCUT2D eigenvalue weighted by atomic mass is 16.4. The molecule has 20 heavy (non-hydrogen) atoms. The highest BCUT2D eigenvalue weighted by Crippen LogP contribution is 2.50. The van der Waals surface area contributed by atoms with Gasteiger partial charge in [0, 0.05) is 13.0 Å². The zero-order valence-corrected chi connectivity index (χ0v) is 12.4. The molecule has 2 heterocycles. The van der Waals surface area contributed by atoms with E-state index in [2.05, 4.69) is 15.1 Å². The molecule has 1 aliphatic heterocycles. The van der Waals surface area contributed by atoms with Crippen LogP contribution >= 0.6 is 0 Å². The van der Waals surface area contributed by atoms with Crippen LogP contribution in [0.1, 0.15) is 56.7 Å². The maximum atomic E-state index is 5.55. The molecule has 0 radical (unpaired) electrons. The van der Waals surface area contributed by atoms with E-state index in [-0.39, 0.29) is 0 Å². The molecule has 3 fully saturated rings. The standard InChI is InChI=1S/C16H25N3O/c1-11-17-18-16(20-11)10-19-6-2-3-15(19)9-14-8-12-4-5-13(14)7-12/h12-15H,2-10H2,1H3/t12-,13-,14-,15+/m0/s1. The normalized spacial score (nSPS) is 37.0. The van der Waals surface area contributed by atoms with Crippen LogP contribution in [0.2, 0.25) is 0 Å². The molecule has 0 aromatic carbocycles. The third-order valence-corrected chi connectivity index (χ3v) is 5.86. The topological polar surface area (TPSA) is 42.2 Å². The molecule has 4 nitrogen and oxygen atoms in total. The lowest BCUT2D eigenvalue weighted by Crippen LogP contribution is -2.32. The van der Waals surface area contributed by atoms with Gasteiger partial charge in [-0.25, -0.2) is 0 Å². The lowest BCUT2D eigenvalue weighted by Gasteiger charge is -2.29. The second kappa shape index (κ2) is 5.14. The van der Waals surface area contributed by atoms with Crippen molar-refractivity contribution in [3.63, 3.8) is 0 Å². The van der Waals surface area contributed by atoms with Crippen LogP contribution < -0.4 is 0 Å². The molecular formula is C16H25N3O. The fraction of sp³-hybridized carbons (Fsp3) is 0.875. The van der Waals surface area contributed by atoms with Crippen LogP contribution in [0.15, 0.2) is 4.42 Å². The summed E-state index contributed by atoms with van der Waals surface area (Å²) in [5.74, 6) is 4.60. The second-order valence-electron chi connectivity index (χ2n) is 7.15. The Hall–Kier alpha value is -0.900. The Bertz CT molecular complexity index is 472. The van der Waals surface area contributed by atoms with Crippen LogP contribution in [0, 0.1) is 24.7 Å². The zero-order chi connectivity index (χ0) is 13.5. The van der Waals surface area contributed by atoms with Crippen molar-refractivity contribution >= 4 is 0 Å². The molecule has 4 rings (SSSR count).